The zero-order valence-corrected chi connectivity index (χ0v) is 15.3. The number of carboxylic acid groups (broad SMARTS) is 3. The van der Waals surface area contributed by atoms with Crippen molar-refractivity contribution in [3.8, 4) is 0 Å². The number of amides is 2. The number of imide groups is 1. The highest BCUT2D eigenvalue weighted by atomic mass is 16.4. The van der Waals surface area contributed by atoms with E-state index in [0.29, 0.717) is 11.1 Å². The largest absolute Gasteiger partial charge is 0.481 e. The van der Waals surface area contributed by atoms with Gasteiger partial charge in [0.2, 0.25) is 0 Å². The smallest absolute Gasteiger partial charge is 0.352 e. The highest BCUT2D eigenvalue weighted by molar-refractivity contribution is 6.21. The molecule has 0 aliphatic carbocycles. The third-order valence-corrected chi connectivity index (χ3v) is 3.95. The SMILES string of the molecule is O=C(O)CCCN1C(=O)c2ccccc2C1=O.O=C(O)c1cc(=O)cc(C(=O)O)[nH]1. The number of carbonyl (C=O) groups is 5. The summed E-state index contributed by atoms with van der Waals surface area (Å²) in [6, 6.07) is 8.23. The van der Waals surface area contributed by atoms with Crippen LogP contribution in [0.1, 0.15) is 54.5 Å². The van der Waals surface area contributed by atoms with Crippen molar-refractivity contribution in [1.29, 1.82) is 0 Å². The minimum Gasteiger partial charge on any atom is -0.481 e. The van der Waals surface area contributed by atoms with E-state index in [9.17, 15) is 28.8 Å². The van der Waals surface area contributed by atoms with E-state index in [2.05, 4.69) is 4.98 Å². The number of pyridine rings is 1. The normalized spacial score (nSPS) is 12.1. The number of aliphatic carboxylic acids is 1. The first-order valence-corrected chi connectivity index (χ1v) is 8.49. The van der Waals surface area contributed by atoms with E-state index in [-0.39, 0.29) is 31.2 Å². The number of aromatic nitrogens is 1. The van der Waals surface area contributed by atoms with E-state index in [0.717, 1.165) is 17.0 Å². The number of aromatic amines is 1. The van der Waals surface area contributed by atoms with Crippen LogP contribution in [0.25, 0.3) is 0 Å². The molecule has 1 aromatic heterocycles. The summed E-state index contributed by atoms with van der Waals surface area (Å²) in [5.41, 5.74) is -0.746. The molecule has 0 saturated heterocycles. The van der Waals surface area contributed by atoms with Gasteiger partial charge >= 0.3 is 17.9 Å². The van der Waals surface area contributed by atoms with Gasteiger partial charge in [-0.25, -0.2) is 9.59 Å². The molecule has 11 nitrogen and oxygen atoms in total. The van der Waals surface area contributed by atoms with Gasteiger partial charge < -0.3 is 20.3 Å². The molecule has 2 amide bonds. The molecule has 3 rings (SSSR count). The average molecular weight is 416 g/mol. The van der Waals surface area contributed by atoms with Gasteiger partial charge in [0, 0.05) is 25.1 Å². The number of H-pyrrole nitrogens is 1. The molecular formula is C19H16N2O9. The molecule has 0 fully saturated rings. The monoisotopic (exact) mass is 416 g/mol. The van der Waals surface area contributed by atoms with Crippen molar-refractivity contribution in [2.75, 3.05) is 6.54 Å². The zero-order valence-electron chi connectivity index (χ0n) is 15.3. The van der Waals surface area contributed by atoms with Gasteiger partial charge in [-0.3, -0.25) is 24.1 Å². The summed E-state index contributed by atoms with van der Waals surface area (Å²) in [7, 11) is 0. The molecule has 0 atom stereocenters. The molecule has 0 spiro atoms. The summed E-state index contributed by atoms with van der Waals surface area (Å²) in [6.45, 7) is 0.151. The van der Waals surface area contributed by atoms with Gasteiger partial charge in [0.05, 0.1) is 11.1 Å². The lowest BCUT2D eigenvalue weighted by Gasteiger charge is -2.12. The van der Waals surface area contributed by atoms with Crippen molar-refractivity contribution in [3.63, 3.8) is 0 Å². The molecule has 1 aliphatic rings. The number of nitrogens with zero attached hydrogens (tertiary/aromatic N) is 1. The number of nitrogens with one attached hydrogen (secondary N) is 1. The van der Waals surface area contributed by atoms with Crippen molar-refractivity contribution < 1.29 is 39.3 Å². The van der Waals surface area contributed by atoms with Crippen LogP contribution in [-0.2, 0) is 4.79 Å². The number of aromatic carboxylic acids is 2. The first kappa shape index (κ1) is 22.0. The quantitative estimate of drug-likeness (QED) is 0.497. The summed E-state index contributed by atoms with van der Waals surface area (Å²) in [5.74, 6) is -4.35. The van der Waals surface area contributed by atoms with Gasteiger partial charge in [0.15, 0.2) is 5.43 Å². The summed E-state index contributed by atoms with van der Waals surface area (Å²) in [5, 5.41) is 25.4. The number of hydrogen-bond acceptors (Lipinski definition) is 6. The standard InChI is InChI=1S/C12H11NO4.C7H5NO5/c14-10(15)6-3-7-13-11(16)8-4-1-2-5-9(8)12(13)17;9-3-1-4(6(10)11)8-5(2-3)7(12)13/h1-2,4-5H,3,6-7H2,(H,14,15);1-2H,(H,8,9)(H,10,11)(H,12,13). The topological polar surface area (TPSA) is 182 Å². The van der Waals surface area contributed by atoms with Crippen LogP contribution in [0.15, 0.2) is 41.2 Å². The number of rotatable bonds is 6. The van der Waals surface area contributed by atoms with Crippen LogP contribution in [0.5, 0.6) is 0 Å². The van der Waals surface area contributed by atoms with Crippen molar-refractivity contribution in [2.24, 2.45) is 0 Å². The maximum Gasteiger partial charge on any atom is 0.352 e. The Morgan fingerprint density at radius 3 is 1.70 bits per heavy atom. The van der Waals surface area contributed by atoms with Crippen molar-refractivity contribution in [2.45, 2.75) is 12.8 Å². The van der Waals surface area contributed by atoms with Gasteiger partial charge in [0.1, 0.15) is 11.4 Å². The molecule has 0 bridgehead atoms. The van der Waals surface area contributed by atoms with Crippen LogP contribution in [0.2, 0.25) is 0 Å². The van der Waals surface area contributed by atoms with E-state index >= 15 is 0 Å². The third kappa shape index (κ3) is 5.16. The Hall–Kier alpha value is -4.28. The zero-order chi connectivity index (χ0) is 22.4. The molecule has 2 aromatic rings. The van der Waals surface area contributed by atoms with Crippen LogP contribution < -0.4 is 5.43 Å². The van der Waals surface area contributed by atoms with E-state index in [1.165, 1.54) is 0 Å². The Morgan fingerprint density at radius 1 is 0.833 bits per heavy atom. The van der Waals surface area contributed by atoms with Gasteiger partial charge in [0.25, 0.3) is 11.8 Å². The predicted molar refractivity (Wildman–Crippen MR) is 99.7 cm³/mol. The molecule has 0 unspecified atom stereocenters. The molecule has 0 saturated carbocycles. The van der Waals surface area contributed by atoms with Gasteiger partial charge in [-0.1, -0.05) is 12.1 Å². The second-order valence-corrected chi connectivity index (χ2v) is 6.06. The molecule has 0 radical (unpaired) electrons. The first-order chi connectivity index (χ1) is 14.1. The summed E-state index contributed by atoms with van der Waals surface area (Å²) in [4.78, 5) is 68.7. The fraction of sp³-hybridized carbons (Fsp3) is 0.158. The molecule has 11 heteroatoms. The van der Waals surface area contributed by atoms with E-state index in [1.807, 2.05) is 0 Å². The Morgan fingerprint density at radius 2 is 1.30 bits per heavy atom. The van der Waals surface area contributed by atoms with E-state index in [4.69, 9.17) is 15.3 Å². The van der Waals surface area contributed by atoms with Crippen LogP contribution in [0.3, 0.4) is 0 Å². The Labute approximate surface area is 168 Å². The number of carbonyl (C=O) groups excluding carboxylic acids is 2. The minimum absolute atomic E-state index is 0.0482. The molecule has 30 heavy (non-hydrogen) atoms. The summed E-state index contributed by atoms with van der Waals surface area (Å²) in [6.07, 6.45) is 0.230. The summed E-state index contributed by atoms with van der Waals surface area (Å²) >= 11 is 0. The third-order valence-electron chi connectivity index (χ3n) is 3.95. The van der Waals surface area contributed by atoms with Crippen LogP contribution >= 0.6 is 0 Å². The molecule has 2 heterocycles. The molecule has 156 valence electrons. The average Bonchev–Trinajstić information content (AvgIpc) is 2.93. The van der Waals surface area contributed by atoms with Crippen LogP contribution in [0, 0.1) is 0 Å². The predicted octanol–water partition coefficient (Wildman–Crippen LogP) is 0.919. The second-order valence-electron chi connectivity index (χ2n) is 6.06. The first-order valence-electron chi connectivity index (χ1n) is 8.49. The van der Waals surface area contributed by atoms with Gasteiger partial charge in [-0.15, -0.1) is 0 Å². The Bertz CT molecular complexity index is 1020. The highest BCUT2D eigenvalue weighted by Gasteiger charge is 2.34. The molecule has 4 N–H and O–H groups in total. The van der Waals surface area contributed by atoms with Gasteiger partial charge in [-0.2, -0.15) is 0 Å². The minimum atomic E-state index is -1.37. The van der Waals surface area contributed by atoms with Crippen molar-refractivity contribution in [3.05, 3.63) is 69.1 Å². The van der Waals surface area contributed by atoms with Crippen LogP contribution in [0.4, 0.5) is 0 Å². The number of benzene rings is 1. The fourth-order valence-corrected chi connectivity index (χ4v) is 2.60. The number of fused-ring (bicyclic) bond motifs is 1. The van der Waals surface area contributed by atoms with Gasteiger partial charge in [-0.05, 0) is 18.6 Å². The fourth-order valence-electron chi connectivity index (χ4n) is 2.60. The Balaban J connectivity index is 0.000000222. The molecule has 1 aromatic carbocycles. The molecule has 1 aliphatic heterocycles. The van der Waals surface area contributed by atoms with E-state index < -0.39 is 34.7 Å². The molecular weight excluding hydrogens is 400 g/mol. The summed E-state index contributed by atoms with van der Waals surface area (Å²) < 4.78 is 0. The second kappa shape index (κ2) is 9.28. The van der Waals surface area contributed by atoms with Crippen LogP contribution in [-0.4, -0.2) is 61.5 Å². The lowest BCUT2D eigenvalue weighted by atomic mass is 10.1. The van der Waals surface area contributed by atoms with Crippen molar-refractivity contribution in [1.82, 2.24) is 9.88 Å². The number of hydrogen-bond donors (Lipinski definition) is 4. The lowest BCUT2D eigenvalue weighted by molar-refractivity contribution is -0.137. The lowest BCUT2D eigenvalue weighted by Crippen LogP contribution is -2.31. The number of carboxylic acids is 3. The Kier molecular flexibility index (Phi) is 6.81. The van der Waals surface area contributed by atoms with Crippen molar-refractivity contribution >= 4 is 29.7 Å². The maximum atomic E-state index is 11.8. The van der Waals surface area contributed by atoms with E-state index in [1.54, 1.807) is 24.3 Å². The maximum absolute atomic E-state index is 11.8. The highest BCUT2D eigenvalue weighted by Crippen LogP contribution is 2.22.